The zero-order chi connectivity index (χ0) is 22.0. The molecule has 2 fully saturated rings. The third kappa shape index (κ3) is 4.39. The van der Waals surface area contributed by atoms with Gasteiger partial charge in [0, 0.05) is 37.5 Å². The normalized spacial score (nSPS) is 22.9. The minimum absolute atomic E-state index is 0.0336. The number of aromatic nitrogens is 2. The van der Waals surface area contributed by atoms with Gasteiger partial charge in [0.25, 0.3) is 5.91 Å². The van der Waals surface area contributed by atoms with Gasteiger partial charge in [-0.25, -0.2) is 9.37 Å². The highest BCUT2D eigenvalue weighted by atomic mass is 19.1. The summed E-state index contributed by atoms with van der Waals surface area (Å²) in [5, 5.41) is 0. The van der Waals surface area contributed by atoms with Crippen molar-refractivity contribution in [2.75, 3.05) is 19.7 Å². The lowest BCUT2D eigenvalue weighted by atomic mass is 9.88. The molecule has 2 aliphatic rings. The fraction of sp³-hybridized carbons (Fsp3) is 0.360. The van der Waals surface area contributed by atoms with E-state index in [1.165, 1.54) is 12.1 Å². The van der Waals surface area contributed by atoms with Gasteiger partial charge in [0.1, 0.15) is 17.7 Å². The zero-order valence-corrected chi connectivity index (χ0v) is 17.8. The molecular formula is C25H26FN3O3. The predicted molar refractivity (Wildman–Crippen MR) is 117 cm³/mol. The summed E-state index contributed by atoms with van der Waals surface area (Å²) >= 11 is 0. The number of benzene rings is 2. The minimum Gasteiger partial charge on any atom is -0.488 e. The molecule has 0 saturated carbocycles. The Bertz CT molecular complexity index is 1070. The Morgan fingerprint density at radius 1 is 1.22 bits per heavy atom. The van der Waals surface area contributed by atoms with E-state index in [1.807, 2.05) is 39.9 Å². The van der Waals surface area contributed by atoms with E-state index >= 15 is 0 Å². The van der Waals surface area contributed by atoms with Crippen molar-refractivity contribution in [1.29, 1.82) is 0 Å². The van der Waals surface area contributed by atoms with Gasteiger partial charge in [0.05, 0.1) is 25.1 Å². The number of ether oxygens (including phenoxy) is 2. The SMILES string of the molecule is O=C(c1ccccc1Cn1ccnc1)N1CCC[C@]2(C[C@@H](Oc3ccc(F)cc3)CO2)C1. The maximum atomic E-state index is 13.5. The molecule has 2 aromatic carbocycles. The van der Waals surface area contributed by atoms with Gasteiger partial charge in [-0.1, -0.05) is 18.2 Å². The van der Waals surface area contributed by atoms with Gasteiger partial charge in [-0.3, -0.25) is 4.79 Å². The first-order chi connectivity index (χ1) is 15.6. The molecular weight excluding hydrogens is 409 g/mol. The number of likely N-dealkylation sites (tertiary alicyclic amines) is 1. The van der Waals surface area contributed by atoms with Crippen molar-refractivity contribution in [2.24, 2.45) is 0 Å². The van der Waals surface area contributed by atoms with E-state index in [0.29, 0.717) is 38.4 Å². The summed E-state index contributed by atoms with van der Waals surface area (Å²) in [6.07, 6.45) is 7.78. The van der Waals surface area contributed by atoms with Crippen LogP contribution in [0.5, 0.6) is 5.75 Å². The van der Waals surface area contributed by atoms with Gasteiger partial charge < -0.3 is 18.9 Å². The van der Waals surface area contributed by atoms with Crippen LogP contribution in [0.25, 0.3) is 0 Å². The average molecular weight is 435 g/mol. The fourth-order valence-electron chi connectivity index (χ4n) is 4.75. The van der Waals surface area contributed by atoms with Gasteiger partial charge in [-0.15, -0.1) is 0 Å². The van der Waals surface area contributed by atoms with Gasteiger partial charge in [0.2, 0.25) is 0 Å². The van der Waals surface area contributed by atoms with Crippen molar-refractivity contribution in [1.82, 2.24) is 14.5 Å². The molecule has 0 unspecified atom stereocenters. The first kappa shape index (κ1) is 20.7. The van der Waals surface area contributed by atoms with Crippen LogP contribution in [0.2, 0.25) is 0 Å². The smallest absolute Gasteiger partial charge is 0.254 e. The molecule has 3 heterocycles. The van der Waals surface area contributed by atoms with E-state index < -0.39 is 5.60 Å². The van der Waals surface area contributed by atoms with E-state index in [9.17, 15) is 9.18 Å². The Kier molecular flexibility index (Phi) is 5.66. The van der Waals surface area contributed by atoms with Crippen molar-refractivity contribution in [2.45, 2.75) is 37.5 Å². The van der Waals surface area contributed by atoms with E-state index in [1.54, 1.807) is 24.7 Å². The molecule has 1 amide bonds. The molecule has 0 radical (unpaired) electrons. The zero-order valence-electron chi connectivity index (χ0n) is 17.8. The van der Waals surface area contributed by atoms with Gasteiger partial charge in [-0.05, 0) is 48.7 Å². The van der Waals surface area contributed by atoms with Crippen LogP contribution in [0.3, 0.4) is 0 Å². The highest BCUT2D eigenvalue weighted by Crippen LogP contribution is 2.37. The number of nitrogens with zero attached hydrogens (tertiary/aromatic N) is 3. The summed E-state index contributed by atoms with van der Waals surface area (Å²) in [7, 11) is 0. The van der Waals surface area contributed by atoms with Gasteiger partial charge in [0.15, 0.2) is 0 Å². The highest BCUT2D eigenvalue weighted by molar-refractivity contribution is 5.95. The molecule has 2 saturated heterocycles. The van der Waals surface area contributed by atoms with Crippen molar-refractivity contribution in [3.63, 3.8) is 0 Å². The number of amides is 1. The number of rotatable bonds is 5. The number of piperidine rings is 1. The Hall–Kier alpha value is -3.19. The summed E-state index contributed by atoms with van der Waals surface area (Å²) in [5.74, 6) is 0.381. The Labute approximate surface area is 186 Å². The maximum Gasteiger partial charge on any atom is 0.254 e. The lowest BCUT2D eigenvalue weighted by molar-refractivity contribution is -0.0453. The van der Waals surface area contributed by atoms with Crippen LogP contribution in [-0.4, -0.2) is 51.8 Å². The number of hydrogen-bond donors (Lipinski definition) is 0. The summed E-state index contributed by atoms with van der Waals surface area (Å²) in [6.45, 7) is 2.34. The van der Waals surface area contributed by atoms with Gasteiger partial charge in [-0.2, -0.15) is 0 Å². The largest absolute Gasteiger partial charge is 0.488 e. The number of halogens is 1. The second-order valence-electron chi connectivity index (χ2n) is 8.61. The van der Waals surface area contributed by atoms with Crippen LogP contribution < -0.4 is 4.74 Å². The third-order valence-corrected chi connectivity index (χ3v) is 6.28. The number of imidazole rings is 1. The van der Waals surface area contributed by atoms with Crippen LogP contribution >= 0.6 is 0 Å². The van der Waals surface area contributed by atoms with Crippen molar-refractivity contribution in [3.05, 3.63) is 84.2 Å². The van der Waals surface area contributed by atoms with E-state index in [4.69, 9.17) is 9.47 Å². The summed E-state index contributed by atoms with van der Waals surface area (Å²) in [4.78, 5) is 19.5. The molecule has 6 nitrogen and oxygen atoms in total. The van der Waals surface area contributed by atoms with Crippen LogP contribution in [0.4, 0.5) is 4.39 Å². The lowest BCUT2D eigenvalue weighted by Crippen LogP contribution is -2.50. The van der Waals surface area contributed by atoms with Crippen LogP contribution in [0, 0.1) is 5.82 Å². The molecule has 2 aliphatic heterocycles. The first-order valence-electron chi connectivity index (χ1n) is 11.0. The maximum absolute atomic E-state index is 13.5. The van der Waals surface area contributed by atoms with E-state index in [2.05, 4.69) is 4.98 Å². The lowest BCUT2D eigenvalue weighted by Gasteiger charge is -2.39. The Balaban J connectivity index is 1.27. The first-order valence-corrected chi connectivity index (χ1v) is 11.0. The van der Waals surface area contributed by atoms with Crippen molar-refractivity contribution in [3.8, 4) is 5.75 Å². The van der Waals surface area contributed by atoms with E-state index in [-0.39, 0.29) is 17.8 Å². The van der Waals surface area contributed by atoms with Crippen LogP contribution in [-0.2, 0) is 11.3 Å². The predicted octanol–water partition coefficient (Wildman–Crippen LogP) is 3.91. The molecule has 7 heteroatoms. The minimum atomic E-state index is -0.391. The average Bonchev–Trinajstić information content (AvgIpc) is 3.46. The summed E-state index contributed by atoms with van der Waals surface area (Å²) < 4.78 is 27.3. The molecule has 1 aromatic heterocycles. The molecule has 32 heavy (non-hydrogen) atoms. The fourth-order valence-corrected chi connectivity index (χ4v) is 4.75. The Morgan fingerprint density at radius 3 is 2.88 bits per heavy atom. The molecule has 2 atom stereocenters. The molecule has 0 bridgehead atoms. The van der Waals surface area contributed by atoms with Crippen molar-refractivity contribution >= 4 is 5.91 Å². The molecule has 0 N–H and O–H groups in total. The number of carbonyl (C=O) groups excluding carboxylic acids is 1. The number of carbonyl (C=O) groups is 1. The molecule has 0 aliphatic carbocycles. The third-order valence-electron chi connectivity index (χ3n) is 6.28. The summed E-state index contributed by atoms with van der Waals surface area (Å²) in [5.41, 5.74) is 1.30. The summed E-state index contributed by atoms with van der Waals surface area (Å²) in [6, 6.07) is 13.8. The monoisotopic (exact) mass is 435 g/mol. The second-order valence-corrected chi connectivity index (χ2v) is 8.61. The number of hydrogen-bond acceptors (Lipinski definition) is 4. The van der Waals surface area contributed by atoms with E-state index in [0.717, 1.165) is 24.0 Å². The molecule has 1 spiro atoms. The standard InChI is InChI=1S/C25H26FN3O3/c26-20-6-8-21(9-7-20)32-22-14-25(31-16-22)10-3-12-29(17-25)24(30)23-5-2-1-4-19(23)15-28-13-11-27-18-28/h1-2,4-9,11,13,18,22H,3,10,12,14-17H2/t22-,25+/m1/s1. The van der Waals surface area contributed by atoms with Gasteiger partial charge >= 0.3 is 0 Å². The topological polar surface area (TPSA) is 56.6 Å². The highest BCUT2D eigenvalue weighted by Gasteiger charge is 2.45. The van der Waals surface area contributed by atoms with Crippen LogP contribution in [0.1, 0.15) is 35.2 Å². The van der Waals surface area contributed by atoms with Crippen molar-refractivity contribution < 1.29 is 18.7 Å². The second kappa shape index (κ2) is 8.74. The Morgan fingerprint density at radius 2 is 2.06 bits per heavy atom. The molecule has 3 aromatic rings. The van der Waals surface area contributed by atoms with Crippen LogP contribution in [0.15, 0.2) is 67.3 Å². The molecule has 166 valence electrons. The molecule has 5 rings (SSSR count). The quantitative estimate of drug-likeness (QED) is 0.610.